The first-order valence-corrected chi connectivity index (χ1v) is 10.0. The summed E-state index contributed by atoms with van der Waals surface area (Å²) in [7, 11) is -4.16. The van der Waals surface area contributed by atoms with Gasteiger partial charge in [0.1, 0.15) is 16.4 Å². The van der Waals surface area contributed by atoms with Gasteiger partial charge in [0, 0.05) is 22.8 Å². The zero-order chi connectivity index (χ0) is 21.0. The summed E-state index contributed by atoms with van der Waals surface area (Å²) in [5.74, 6) is 1.15. The van der Waals surface area contributed by atoms with E-state index in [0.29, 0.717) is 16.5 Å². The van der Waals surface area contributed by atoms with Gasteiger partial charge in [-0.15, -0.1) is 0 Å². The van der Waals surface area contributed by atoms with Gasteiger partial charge in [-0.1, -0.05) is 11.6 Å². The van der Waals surface area contributed by atoms with Crippen LogP contribution in [-0.4, -0.2) is 19.6 Å². The third-order valence-electron chi connectivity index (χ3n) is 3.70. The number of nitro benzene ring substituents is 1. The van der Waals surface area contributed by atoms with Gasteiger partial charge >= 0.3 is 0 Å². The summed E-state index contributed by atoms with van der Waals surface area (Å²) in [5, 5.41) is 15.5. The molecule has 9 nitrogen and oxygen atoms in total. The molecule has 0 aliphatic carbocycles. The number of nitrogens with one attached hydrogen (secondary N) is 2. The maximum absolute atomic E-state index is 12.8. The van der Waals surface area contributed by atoms with Crippen molar-refractivity contribution in [2.45, 2.75) is 11.8 Å². The first-order chi connectivity index (χ1) is 13.7. The molecular weight excluding hydrogens is 420 g/mol. The minimum Gasteiger partial charge on any atom is -0.460 e. The highest BCUT2D eigenvalue weighted by Gasteiger charge is 2.22. The van der Waals surface area contributed by atoms with Crippen LogP contribution in [0.25, 0.3) is 0 Å². The second kappa shape index (κ2) is 8.33. The topological polar surface area (TPSA) is 127 Å². The number of anilines is 2. The number of non-ortho nitro benzene ring substituents is 1. The fourth-order valence-electron chi connectivity index (χ4n) is 2.36. The first kappa shape index (κ1) is 20.4. The minimum atomic E-state index is -4.16. The van der Waals surface area contributed by atoms with Gasteiger partial charge in [-0.25, -0.2) is 8.42 Å². The van der Waals surface area contributed by atoms with Crippen molar-refractivity contribution in [2.75, 3.05) is 10.1 Å². The molecule has 0 unspecified atom stereocenters. The van der Waals surface area contributed by atoms with Gasteiger partial charge < -0.3 is 4.42 Å². The Morgan fingerprint density at radius 2 is 1.86 bits per heavy atom. The third kappa shape index (κ3) is 5.12. The van der Waals surface area contributed by atoms with E-state index in [9.17, 15) is 18.5 Å². The van der Waals surface area contributed by atoms with Crippen molar-refractivity contribution >= 4 is 44.9 Å². The molecule has 0 aliphatic rings. The van der Waals surface area contributed by atoms with Gasteiger partial charge in [-0.05, 0) is 49.4 Å². The second-order valence-electron chi connectivity index (χ2n) is 5.87. The van der Waals surface area contributed by atoms with Crippen LogP contribution in [0.1, 0.15) is 11.5 Å². The summed E-state index contributed by atoms with van der Waals surface area (Å²) in [6, 6.07) is 12.8. The zero-order valence-electron chi connectivity index (χ0n) is 15.0. The molecule has 0 fully saturated rings. The highest BCUT2D eigenvalue weighted by molar-refractivity contribution is 7.92. The molecule has 2 aromatic carbocycles. The third-order valence-corrected chi connectivity index (χ3v) is 5.37. The number of halogens is 1. The molecule has 1 heterocycles. The second-order valence-corrected chi connectivity index (χ2v) is 7.96. The zero-order valence-corrected chi connectivity index (χ0v) is 16.6. The van der Waals surface area contributed by atoms with E-state index in [1.54, 1.807) is 19.1 Å². The van der Waals surface area contributed by atoms with Gasteiger partial charge in [0.2, 0.25) is 0 Å². The molecule has 0 amide bonds. The van der Waals surface area contributed by atoms with E-state index in [1.807, 2.05) is 0 Å². The van der Waals surface area contributed by atoms with Crippen LogP contribution < -0.4 is 10.1 Å². The van der Waals surface area contributed by atoms with Crippen LogP contribution in [0.5, 0.6) is 0 Å². The van der Waals surface area contributed by atoms with Crippen LogP contribution in [0.4, 0.5) is 17.1 Å². The lowest BCUT2D eigenvalue weighted by Gasteiger charge is -2.12. The molecule has 3 aromatic rings. The number of hydrogen-bond donors (Lipinski definition) is 2. The van der Waals surface area contributed by atoms with Gasteiger partial charge in [-0.3, -0.25) is 20.3 Å². The summed E-state index contributed by atoms with van der Waals surface area (Å²) >= 11 is 5.80. The minimum absolute atomic E-state index is 0.0524. The lowest BCUT2D eigenvalue weighted by atomic mass is 10.3. The summed E-state index contributed by atoms with van der Waals surface area (Å²) in [5.41, 5.74) is 2.51. The highest BCUT2D eigenvalue weighted by Crippen LogP contribution is 2.28. The Balaban J connectivity index is 1.93. The number of benzene rings is 2. The van der Waals surface area contributed by atoms with Crippen LogP contribution in [0.3, 0.4) is 0 Å². The van der Waals surface area contributed by atoms with Crippen molar-refractivity contribution in [2.24, 2.45) is 5.10 Å². The lowest BCUT2D eigenvalue weighted by molar-refractivity contribution is -0.385. The number of nitrogens with zero attached hydrogens (tertiary/aromatic N) is 2. The largest absolute Gasteiger partial charge is 0.460 e. The van der Waals surface area contributed by atoms with E-state index in [2.05, 4.69) is 15.2 Å². The van der Waals surface area contributed by atoms with Gasteiger partial charge in [0.05, 0.1) is 16.8 Å². The predicted octanol–water partition coefficient (Wildman–Crippen LogP) is 4.40. The van der Waals surface area contributed by atoms with Crippen LogP contribution in [-0.2, 0) is 10.0 Å². The molecule has 0 atom stereocenters. The fraction of sp³-hybridized carbons (Fsp3) is 0.0556. The van der Waals surface area contributed by atoms with Crippen molar-refractivity contribution in [3.05, 3.63) is 81.3 Å². The highest BCUT2D eigenvalue weighted by atomic mass is 35.5. The molecule has 0 saturated heterocycles. The van der Waals surface area contributed by atoms with Crippen molar-refractivity contribution < 1.29 is 17.8 Å². The maximum Gasteiger partial charge on any atom is 0.270 e. The molecule has 3 rings (SSSR count). The summed E-state index contributed by atoms with van der Waals surface area (Å²) in [6.45, 7) is 1.77. The summed E-state index contributed by atoms with van der Waals surface area (Å²) < 4.78 is 33.4. The molecule has 11 heteroatoms. The average Bonchev–Trinajstić information content (AvgIpc) is 3.08. The molecule has 1 aromatic heterocycles. The fourth-order valence-corrected chi connectivity index (χ4v) is 3.72. The van der Waals surface area contributed by atoms with E-state index >= 15 is 0 Å². The number of furan rings is 1. The summed E-state index contributed by atoms with van der Waals surface area (Å²) in [6.07, 6.45) is 1.36. The Kier molecular flexibility index (Phi) is 5.85. The van der Waals surface area contributed by atoms with Crippen molar-refractivity contribution in [1.82, 2.24) is 0 Å². The number of nitro groups is 1. The smallest absolute Gasteiger partial charge is 0.270 e. The molecule has 2 N–H and O–H groups in total. The molecule has 0 radical (unpaired) electrons. The quantitative estimate of drug-likeness (QED) is 0.322. The lowest BCUT2D eigenvalue weighted by Crippen LogP contribution is -2.15. The number of rotatable bonds is 7. The van der Waals surface area contributed by atoms with E-state index in [0.717, 1.165) is 6.07 Å². The van der Waals surface area contributed by atoms with Crippen molar-refractivity contribution in [3.8, 4) is 0 Å². The van der Waals surface area contributed by atoms with E-state index < -0.39 is 14.9 Å². The number of hydrazone groups is 1. The Morgan fingerprint density at radius 3 is 2.48 bits per heavy atom. The van der Waals surface area contributed by atoms with Crippen LogP contribution in [0.2, 0.25) is 5.02 Å². The SMILES string of the molecule is Cc1ccc(/C=N/Nc2ccc([N+](=O)[O-])cc2S(=O)(=O)Nc2ccc(Cl)cc2)o1. The van der Waals surface area contributed by atoms with Crippen LogP contribution >= 0.6 is 11.6 Å². The first-order valence-electron chi connectivity index (χ1n) is 8.17. The molecule has 0 spiro atoms. The molecule has 150 valence electrons. The van der Waals surface area contributed by atoms with Crippen LogP contribution in [0, 0.1) is 17.0 Å². The predicted molar refractivity (Wildman–Crippen MR) is 110 cm³/mol. The Morgan fingerprint density at radius 1 is 1.14 bits per heavy atom. The number of sulfonamides is 1. The molecule has 0 bridgehead atoms. The van der Waals surface area contributed by atoms with E-state index in [-0.39, 0.29) is 22.0 Å². The average molecular weight is 435 g/mol. The molecular formula is C18H15ClN4O5S. The number of aryl methyl sites for hydroxylation is 1. The van der Waals surface area contributed by atoms with Gasteiger partial charge in [-0.2, -0.15) is 5.10 Å². The Hall–Kier alpha value is -3.37. The Bertz CT molecular complexity index is 1170. The molecule has 0 saturated carbocycles. The maximum atomic E-state index is 12.8. The van der Waals surface area contributed by atoms with E-state index in [1.165, 1.54) is 42.6 Å². The monoisotopic (exact) mass is 434 g/mol. The molecule has 0 aliphatic heterocycles. The standard InChI is InChI=1S/C18H15ClN4O5S/c1-12-2-8-16(28-12)11-20-21-17-9-7-15(23(24)25)10-18(17)29(26,27)22-14-5-3-13(19)4-6-14/h2-11,21-22H,1H3/b20-11+. The molecule has 29 heavy (non-hydrogen) atoms. The Labute approximate surface area is 171 Å². The van der Waals surface area contributed by atoms with Crippen LogP contribution in [0.15, 0.2) is 69.0 Å². The normalized spacial score (nSPS) is 11.5. The van der Waals surface area contributed by atoms with Crippen molar-refractivity contribution in [3.63, 3.8) is 0 Å². The van der Waals surface area contributed by atoms with Gasteiger partial charge in [0.25, 0.3) is 15.7 Å². The van der Waals surface area contributed by atoms with Gasteiger partial charge in [0.15, 0.2) is 0 Å². The summed E-state index contributed by atoms with van der Waals surface area (Å²) in [4.78, 5) is 10.1. The van der Waals surface area contributed by atoms with E-state index in [4.69, 9.17) is 16.0 Å². The number of hydrogen-bond acceptors (Lipinski definition) is 7. The van der Waals surface area contributed by atoms with Crippen molar-refractivity contribution in [1.29, 1.82) is 0 Å².